The smallest absolute Gasteiger partial charge is 0.241 e. The second kappa shape index (κ2) is 9.45. The van der Waals surface area contributed by atoms with Gasteiger partial charge in [-0.2, -0.15) is 4.98 Å². The van der Waals surface area contributed by atoms with Crippen LogP contribution in [0.5, 0.6) is 0 Å². The van der Waals surface area contributed by atoms with Crippen molar-refractivity contribution in [2.45, 2.75) is 30.5 Å². The van der Waals surface area contributed by atoms with Crippen molar-refractivity contribution in [3.63, 3.8) is 0 Å². The van der Waals surface area contributed by atoms with Crippen LogP contribution in [0.25, 0.3) is 11.4 Å². The molecule has 1 atom stereocenters. The van der Waals surface area contributed by atoms with Crippen LogP contribution in [-0.4, -0.2) is 57.3 Å². The van der Waals surface area contributed by atoms with E-state index >= 15 is 0 Å². The summed E-state index contributed by atoms with van der Waals surface area (Å²) >= 11 is 1.61. The number of thioether (sulfide) groups is 1. The normalized spacial score (nSPS) is 15.9. The van der Waals surface area contributed by atoms with Crippen molar-refractivity contribution in [3.8, 4) is 11.4 Å². The Balaban J connectivity index is 1.27. The number of hydrogen-bond acceptors (Lipinski definition) is 6. The van der Waals surface area contributed by atoms with Crippen LogP contribution >= 0.6 is 11.8 Å². The van der Waals surface area contributed by atoms with Gasteiger partial charge < -0.3 is 9.42 Å². The van der Waals surface area contributed by atoms with E-state index in [9.17, 15) is 4.79 Å². The Morgan fingerprint density at radius 2 is 1.77 bits per heavy atom. The molecule has 1 saturated heterocycles. The van der Waals surface area contributed by atoms with Crippen LogP contribution in [0.2, 0.25) is 0 Å². The maximum Gasteiger partial charge on any atom is 0.241 e. The van der Waals surface area contributed by atoms with E-state index in [4.69, 9.17) is 4.52 Å². The van der Waals surface area contributed by atoms with Crippen LogP contribution in [0, 0.1) is 6.92 Å². The van der Waals surface area contributed by atoms with Gasteiger partial charge in [-0.05, 0) is 26.0 Å². The molecule has 30 heavy (non-hydrogen) atoms. The molecule has 1 amide bonds. The Labute approximate surface area is 181 Å². The zero-order valence-electron chi connectivity index (χ0n) is 17.3. The van der Waals surface area contributed by atoms with Gasteiger partial charge >= 0.3 is 0 Å². The van der Waals surface area contributed by atoms with E-state index in [1.165, 1.54) is 5.56 Å². The molecule has 7 heteroatoms. The van der Waals surface area contributed by atoms with Gasteiger partial charge in [-0.3, -0.25) is 9.69 Å². The quantitative estimate of drug-likeness (QED) is 0.562. The summed E-state index contributed by atoms with van der Waals surface area (Å²) in [6.45, 7) is 7.69. The van der Waals surface area contributed by atoms with Crippen molar-refractivity contribution in [3.05, 3.63) is 66.1 Å². The van der Waals surface area contributed by atoms with Crippen molar-refractivity contribution in [2.75, 3.05) is 26.2 Å². The topological polar surface area (TPSA) is 62.5 Å². The molecule has 1 aliphatic rings. The summed E-state index contributed by atoms with van der Waals surface area (Å²) in [7, 11) is 0. The number of carbonyl (C=O) groups is 1. The minimum Gasteiger partial charge on any atom is -0.339 e. The zero-order valence-corrected chi connectivity index (χ0v) is 18.1. The third-order valence-electron chi connectivity index (χ3n) is 5.22. The average Bonchev–Trinajstić information content (AvgIpc) is 3.23. The number of carbonyl (C=O) groups excluding carboxylic acids is 1. The highest BCUT2D eigenvalue weighted by molar-refractivity contribution is 8.00. The summed E-state index contributed by atoms with van der Waals surface area (Å²) in [6.07, 6.45) is 0. The van der Waals surface area contributed by atoms with Crippen LogP contribution in [-0.2, 0) is 11.3 Å². The van der Waals surface area contributed by atoms with Crippen LogP contribution in [0.3, 0.4) is 0 Å². The van der Waals surface area contributed by atoms with Gasteiger partial charge in [-0.1, -0.05) is 53.2 Å². The predicted octanol–water partition coefficient (Wildman–Crippen LogP) is 3.87. The largest absolute Gasteiger partial charge is 0.339 e. The first-order chi connectivity index (χ1) is 14.6. The molecule has 0 spiro atoms. The van der Waals surface area contributed by atoms with Crippen molar-refractivity contribution in [1.29, 1.82) is 0 Å². The molecule has 0 aliphatic carbocycles. The van der Waals surface area contributed by atoms with Gasteiger partial charge in [-0.25, -0.2) is 0 Å². The molecule has 4 rings (SSSR count). The van der Waals surface area contributed by atoms with Crippen molar-refractivity contribution >= 4 is 17.7 Å². The standard InChI is InChI=1S/C23H26N4O2S/c1-17-8-10-19(11-9-17)22-24-21(29-25-22)16-26-12-14-27(15-13-26)23(28)18(2)30-20-6-4-3-5-7-20/h3-11,18H,12-16H2,1-2H3/t18-/m0/s1. The van der Waals surface area contributed by atoms with Gasteiger partial charge in [-0.15, -0.1) is 11.8 Å². The fraction of sp³-hybridized carbons (Fsp3) is 0.348. The number of amides is 1. The van der Waals surface area contributed by atoms with Gasteiger partial charge in [0.2, 0.25) is 17.6 Å². The molecule has 1 fully saturated rings. The first-order valence-corrected chi connectivity index (χ1v) is 11.1. The molecule has 0 bridgehead atoms. The molecular formula is C23H26N4O2S. The lowest BCUT2D eigenvalue weighted by atomic mass is 10.1. The molecule has 6 nitrogen and oxygen atoms in total. The third-order valence-corrected chi connectivity index (χ3v) is 6.32. The average molecular weight is 423 g/mol. The molecule has 0 saturated carbocycles. The first-order valence-electron chi connectivity index (χ1n) is 10.2. The van der Waals surface area contributed by atoms with Gasteiger partial charge in [0.05, 0.1) is 11.8 Å². The molecule has 2 aromatic carbocycles. The number of aromatic nitrogens is 2. The van der Waals surface area contributed by atoms with Gasteiger partial charge in [0, 0.05) is 36.6 Å². The fourth-order valence-corrected chi connectivity index (χ4v) is 4.44. The van der Waals surface area contributed by atoms with E-state index in [0.717, 1.165) is 36.6 Å². The molecule has 0 unspecified atom stereocenters. The summed E-state index contributed by atoms with van der Waals surface area (Å²) in [4.78, 5) is 22.7. The molecule has 2 heterocycles. The molecule has 156 valence electrons. The first kappa shape index (κ1) is 20.6. The van der Waals surface area contributed by atoms with Crippen LogP contribution in [0.15, 0.2) is 64.0 Å². The molecule has 3 aromatic rings. The number of hydrogen-bond donors (Lipinski definition) is 0. The number of aryl methyl sites for hydroxylation is 1. The lowest BCUT2D eigenvalue weighted by Gasteiger charge is -2.35. The highest BCUT2D eigenvalue weighted by Crippen LogP contribution is 2.24. The van der Waals surface area contributed by atoms with E-state index < -0.39 is 0 Å². The van der Waals surface area contributed by atoms with Crippen LogP contribution < -0.4 is 0 Å². The lowest BCUT2D eigenvalue weighted by molar-refractivity contribution is -0.132. The number of rotatable bonds is 6. The molecule has 1 aromatic heterocycles. The Hall–Kier alpha value is -2.64. The minimum atomic E-state index is -0.0908. The molecular weight excluding hydrogens is 396 g/mol. The molecule has 0 radical (unpaired) electrons. The van der Waals surface area contributed by atoms with Gasteiger partial charge in [0.1, 0.15) is 0 Å². The second-order valence-electron chi connectivity index (χ2n) is 7.55. The van der Waals surface area contributed by atoms with Gasteiger partial charge in [0.15, 0.2) is 0 Å². The second-order valence-corrected chi connectivity index (χ2v) is 8.97. The van der Waals surface area contributed by atoms with Crippen molar-refractivity contribution < 1.29 is 9.32 Å². The summed E-state index contributed by atoms with van der Waals surface area (Å²) < 4.78 is 5.44. The monoisotopic (exact) mass is 422 g/mol. The number of benzene rings is 2. The number of nitrogens with zero attached hydrogens (tertiary/aromatic N) is 4. The van der Waals surface area contributed by atoms with Crippen molar-refractivity contribution in [2.24, 2.45) is 0 Å². The summed E-state index contributed by atoms with van der Waals surface area (Å²) in [6, 6.07) is 18.2. The Morgan fingerprint density at radius 3 is 2.47 bits per heavy atom. The SMILES string of the molecule is Cc1ccc(-c2noc(CN3CCN(C(=O)[C@H](C)Sc4ccccc4)CC3)n2)cc1. The minimum absolute atomic E-state index is 0.0908. The summed E-state index contributed by atoms with van der Waals surface area (Å²) in [5.74, 6) is 1.42. The van der Waals surface area contributed by atoms with Gasteiger partial charge in [0.25, 0.3) is 0 Å². The molecule has 0 N–H and O–H groups in total. The summed E-state index contributed by atoms with van der Waals surface area (Å²) in [5, 5.41) is 4.02. The van der Waals surface area contributed by atoms with E-state index in [0.29, 0.717) is 18.3 Å². The lowest BCUT2D eigenvalue weighted by Crippen LogP contribution is -2.50. The maximum absolute atomic E-state index is 12.8. The third kappa shape index (κ3) is 5.09. The fourth-order valence-electron chi connectivity index (χ4n) is 3.47. The van der Waals surface area contributed by atoms with Crippen LogP contribution in [0.1, 0.15) is 18.4 Å². The van der Waals surface area contributed by atoms with E-state index in [1.54, 1.807) is 11.8 Å². The Morgan fingerprint density at radius 1 is 1.07 bits per heavy atom. The van der Waals surface area contributed by atoms with Crippen molar-refractivity contribution in [1.82, 2.24) is 19.9 Å². The zero-order chi connectivity index (χ0) is 20.9. The van der Waals surface area contributed by atoms with E-state index in [2.05, 4.69) is 22.0 Å². The van der Waals surface area contributed by atoms with E-state index in [-0.39, 0.29) is 11.2 Å². The molecule has 1 aliphatic heterocycles. The highest BCUT2D eigenvalue weighted by atomic mass is 32.2. The Bertz CT molecular complexity index is 966. The summed E-state index contributed by atoms with van der Waals surface area (Å²) in [5.41, 5.74) is 2.15. The van der Waals surface area contributed by atoms with E-state index in [1.807, 2.05) is 66.4 Å². The maximum atomic E-state index is 12.8. The van der Waals surface area contributed by atoms with Crippen LogP contribution in [0.4, 0.5) is 0 Å². The predicted molar refractivity (Wildman–Crippen MR) is 118 cm³/mol. The Kier molecular flexibility index (Phi) is 6.50. The highest BCUT2D eigenvalue weighted by Gasteiger charge is 2.26. The number of piperazine rings is 1.